The quantitative estimate of drug-likeness (QED) is 0.691. The average Bonchev–Trinajstić information content (AvgIpc) is 3.12. The standard InChI is InChI=1S/C20H16FNO4S2/c1-26-14-6-8-15(9-7-14)28(24,25)17-11-27-20-16(10-18(23)22-19(17)20)12-2-4-13(21)5-3-12/h2-9,11,16H,10H2,1H3,(H,22,23)/t16-/m0/s1. The Balaban J connectivity index is 1.79. The van der Waals surface area contributed by atoms with Gasteiger partial charge < -0.3 is 10.1 Å². The van der Waals surface area contributed by atoms with Crippen molar-refractivity contribution >= 4 is 32.8 Å². The second-order valence-corrected chi connectivity index (χ2v) is 9.20. The van der Waals surface area contributed by atoms with Gasteiger partial charge in [-0.25, -0.2) is 12.8 Å². The molecule has 1 N–H and O–H groups in total. The van der Waals surface area contributed by atoms with Crippen LogP contribution in [0.15, 0.2) is 63.7 Å². The minimum Gasteiger partial charge on any atom is -0.497 e. The SMILES string of the molecule is COc1ccc(S(=O)(=O)c2csc3c2NC(=O)C[C@H]3c2ccc(F)cc2)cc1. The third-order valence-electron chi connectivity index (χ3n) is 4.69. The number of halogens is 1. The van der Waals surface area contributed by atoms with E-state index in [1.807, 2.05) is 0 Å². The summed E-state index contributed by atoms with van der Waals surface area (Å²) in [5.41, 5.74) is 1.08. The van der Waals surface area contributed by atoms with Gasteiger partial charge in [0.05, 0.1) is 17.7 Å². The van der Waals surface area contributed by atoms with E-state index in [-0.39, 0.29) is 33.9 Å². The molecule has 0 aliphatic carbocycles. The molecule has 1 aliphatic rings. The molecule has 0 bridgehead atoms. The molecule has 1 aliphatic heterocycles. The number of rotatable bonds is 4. The van der Waals surface area contributed by atoms with Gasteiger partial charge >= 0.3 is 0 Å². The number of nitrogens with one attached hydrogen (secondary N) is 1. The molecule has 0 unspecified atom stereocenters. The van der Waals surface area contributed by atoms with Gasteiger partial charge in [-0.3, -0.25) is 4.79 Å². The minimum absolute atomic E-state index is 0.0674. The Morgan fingerprint density at radius 3 is 2.43 bits per heavy atom. The number of ether oxygens (including phenoxy) is 1. The van der Waals surface area contributed by atoms with Crippen LogP contribution in [0.3, 0.4) is 0 Å². The molecule has 8 heteroatoms. The van der Waals surface area contributed by atoms with Crippen LogP contribution in [0.4, 0.5) is 10.1 Å². The first-order valence-corrected chi connectivity index (χ1v) is 10.8. The van der Waals surface area contributed by atoms with Crippen molar-refractivity contribution < 1.29 is 22.3 Å². The van der Waals surface area contributed by atoms with Crippen molar-refractivity contribution in [2.45, 2.75) is 22.1 Å². The van der Waals surface area contributed by atoms with Crippen molar-refractivity contribution in [3.63, 3.8) is 0 Å². The van der Waals surface area contributed by atoms with Crippen LogP contribution in [0.25, 0.3) is 0 Å². The molecule has 2 heterocycles. The van der Waals surface area contributed by atoms with Crippen molar-refractivity contribution in [1.29, 1.82) is 0 Å². The largest absolute Gasteiger partial charge is 0.497 e. The van der Waals surface area contributed by atoms with Gasteiger partial charge in [0.2, 0.25) is 15.7 Å². The Morgan fingerprint density at radius 2 is 1.79 bits per heavy atom. The molecule has 4 rings (SSSR count). The number of sulfone groups is 1. The zero-order valence-electron chi connectivity index (χ0n) is 14.8. The molecule has 0 saturated carbocycles. The van der Waals surface area contributed by atoms with Crippen molar-refractivity contribution in [3.8, 4) is 5.75 Å². The highest BCUT2D eigenvalue weighted by atomic mass is 32.2. The number of hydrogen-bond acceptors (Lipinski definition) is 5. The molecule has 144 valence electrons. The van der Waals surface area contributed by atoms with Gasteiger partial charge in [0.25, 0.3) is 0 Å². The number of benzene rings is 2. The lowest BCUT2D eigenvalue weighted by Crippen LogP contribution is -2.23. The highest BCUT2D eigenvalue weighted by Gasteiger charge is 2.34. The van der Waals surface area contributed by atoms with Crippen molar-refractivity contribution in [1.82, 2.24) is 0 Å². The summed E-state index contributed by atoms with van der Waals surface area (Å²) in [6, 6.07) is 12.0. The zero-order valence-corrected chi connectivity index (χ0v) is 16.4. The van der Waals surface area contributed by atoms with Crippen LogP contribution < -0.4 is 10.1 Å². The van der Waals surface area contributed by atoms with E-state index < -0.39 is 9.84 Å². The highest BCUT2D eigenvalue weighted by molar-refractivity contribution is 7.91. The Hall–Kier alpha value is -2.71. The first-order valence-electron chi connectivity index (χ1n) is 8.46. The average molecular weight is 417 g/mol. The topological polar surface area (TPSA) is 72.5 Å². The number of hydrogen-bond donors (Lipinski definition) is 1. The maximum atomic E-state index is 13.3. The Kier molecular flexibility index (Phi) is 4.68. The minimum atomic E-state index is -3.82. The van der Waals surface area contributed by atoms with Gasteiger partial charge in [-0.05, 0) is 42.0 Å². The van der Waals surface area contributed by atoms with Crippen LogP contribution in [0.5, 0.6) is 5.75 Å². The second-order valence-electron chi connectivity index (χ2n) is 6.37. The summed E-state index contributed by atoms with van der Waals surface area (Å²) in [4.78, 5) is 13.2. The van der Waals surface area contributed by atoms with Crippen LogP contribution in [-0.2, 0) is 14.6 Å². The molecule has 1 aromatic heterocycles. The molecular formula is C20H16FNO4S2. The Morgan fingerprint density at radius 1 is 1.11 bits per heavy atom. The van der Waals surface area contributed by atoms with E-state index >= 15 is 0 Å². The summed E-state index contributed by atoms with van der Waals surface area (Å²) >= 11 is 1.28. The van der Waals surface area contributed by atoms with E-state index in [9.17, 15) is 17.6 Å². The van der Waals surface area contributed by atoms with Gasteiger partial charge in [-0.15, -0.1) is 11.3 Å². The molecule has 5 nitrogen and oxygen atoms in total. The van der Waals surface area contributed by atoms with Gasteiger partial charge in [0.15, 0.2) is 0 Å². The van der Waals surface area contributed by atoms with Crippen molar-refractivity contribution in [2.75, 3.05) is 12.4 Å². The molecule has 1 atom stereocenters. The Bertz CT molecular complexity index is 1140. The lowest BCUT2D eigenvalue weighted by Gasteiger charge is -2.23. The number of thiophene rings is 1. The second kappa shape index (κ2) is 7.03. The normalized spacial score (nSPS) is 16.4. The van der Waals surface area contributed by atoms with Crippen LogP contribution in [0, 0.1) is 5.82 Å². The number of amides is 1. The van der Waals surface area contributed by atoms with E-state index in [1.54, 1.807) is 29.6 Å². The summed E-state index contributed by atoms with van der Waals surface area (Å²) in [5, 5.41) is 4.26. The highest BCUT2D eigenvalue weighted by Crippen LogP contribution is 2.45. The fourth-order valence-electron chi connectivity index (χ4n) is 3.25. The lowest BCUT2D eigenvalue weighted by molar-refractivity contribution is -0.116. The van der Waals surface area contributed by atoms with Gasteiger partial charge in [0.1, 0.15) is 16.5 Å². The van der Waals surface area contributed by atoms with Gasteiger partial charge in [-0.2, -0.15) is 0 Å². The fourth-order valence-corrected chi connectivity index (χ4v) is 6.16. The first kappa shape index (κ1) is 18.6. The molecule has 2 aromatic carbocycles. The predicted molar refractivity (Wildman–Crippen MR) is 104 cm³/mol. The van der Waals surface area contributed by atoms with Crippen LogP contribution in [-0.4, -0.2) is 21.4 Å². The maximum Gasteiger partial charge on any atom is 0.225 e. The van der Waals surface area contributed by atoms with E-state index in [0.29, 0.717) is 11.4 Å². The van der Waals surface area contributed by atoms with Gasteiger partial charge in [0, 0.05) is 22.6 Å². The number of anilines is 1. The summed E-state index contributed by atoms with van der Waals surface area (Å²) < 4.78 is 44.6. The first-order chi connectivity index (χ1) is 13.4. The summed E-state index contributed by atoms with van der Waals surface area (Å²) in [5.74, 6) is -0.394. The molecule has 0 spiro atoms. The zero-order chi connectivity index (χ0) is 19.9. The van der Waals surface area contributed by atoms with E-state index in [0.717, 1.165) is 10.4 Å². The molecule has 1 amide bonds. The van der Waals surface area contributed by atoms with E-state index in [1.165, 1.54) is 42.7 Å². The summed E-state index contributed by atoms with van der Waals surface area (Å²) in [6.45, 7) is 0. The van der Waals surface area contributed by atoms with Crippen LogP contribution in [0.1, 0.15) is 22.8 Å². The predicted octanol–water partition coefficient (Wildman–Crippen LogP) is 4.20. The summed E-state index contributed by atoms with van der Waals surface area (Å²) in [6.07, 6.45) is 0.182. The number of methoxy groups -OCH3 is 1. The van der Waals surface area contributed by atoms with Crippen molar-refractivity contribution in [3.05, 3.63) is 70.2 Å². The number of carbonyl (C=O) groups excluding carboxylic acids is 1. The van der Waals surface area contributed by atoms with Crippen molar-refractivity contribution in [2.24, 2.45) is 0 Å². The maximum absolute atomic E-state index is 13.3. The Labute approximate surface area is 165 Å². The third kappa shape index (κ3) is 3.18. The molecule has 0 fully saturated rings. The smallest absolute Gasteiger partial charge is 0.225 e. The van der Waals surface area contributed by atoms with Crippen LogP contribution in [0.2, 0.25) is 0 Å². The number of fused-ring (bicyclic) bond motifs is 1. The van der Waals surface area contributed by atoms with Crippen LogP contribution >= 0.6 is 11.3 Å². The fraction of sp³-hybridized carbons (Fsp3) is 0.150. The third-order valence-corrected chi connectivity index (χ3v) is 7.73. The molecular weight excluding hydrogens is 401 g/mol. The van der Waals surface area contributed by atoms with E-state index in [2.05, 4.69) is 5.32 Å². The molecule has 0 radical (unpaired) electrons. The van der Waals surface area contributed by atoms with E-state index in [4.69, 9.17) is 4.74 Å². The molecule has 3 aromatic rings. The number of carbonyl (C=O) groups is 1. The lowest BCUT2D eigenvalue weighted by atomic mass is 9.91. The summed E-state index contributed by atoms with van der Waals surface area (Å²) in [7, 11) is -2.31. The monoisotopic (exact) mass is 417 g/mol. The molecule has 0 saturated heterocycles. The van der Waals surface area contributed by atoms with Gasteiger partial charge in [-0.1, -0.05) is 12.1 Å². The molecule has 28 heavy (non-hydrogen) atoms.